The average Bonchev–Trinajstić information content (AvgIpc) is 2.62. The van der Waals surface area contributed by atoms with Crippen molar-refractivity contribution in [1.29, 1.82) is 0 Å². The number of nitrogens with zero attached hydrogens (tertiary/aromatic N) is 1. The van der Waals surface area contributed by atoms with Gasteiger partial charge in [0, 0.05) is 26.1 Å². The molecule has 2 amide bonds. The van der Waals surface area contributed by atoms with Gasteiger partial charge in [0.05, 0.1) is 5.92 Å². The fraction of sp³-hybridized carbons (Fsp3) is 0.600. The number of carbonyl (C=O) groups is 2. The first-order valence-corrected chi connectivity index (χ1v) is 9.57. The lowest BCUT2D eigenvalue weighted by Gasteiger charge is -2.34. The molecule has 2 fully saturated rings. The molecule has 5 nitrogen and oxygen atoms in total. The zero-order chi connectivity index (χ0) is 17.2. The number of fused-ring (bicyclic) bond motifs is 1. The van der Waals surface area contributed by atoms with Gasteiger partial charge >= 0.3 is 0 Å². The first kappa shape index (κ1) is 16.7. The Hall–Kier alpha value is -1.72. The van der Waals surface area contributed by atoms with E-state index in [1.807, 2.05) is 0 Å². The maximum atomic E-state index is 12.2. The summed E-state index contributed by atoms with van der Waals surface area (Å²) in [6.07, 6.45) is 4.72. The zero-order valence-electron chi connectivity index (χ0n) is 14.7. The molecule has 0 aromatic heterocycles. The molecular formula is C20H27N3O2. The van der Waals surface area contributed by atoms with Crippen LogP contribution in [0, 0.1) is 5.92 Å². The highest BCUT2D eigenvalue weighted by Gasteiger charge is 2.29. The van der Waals surface area contributed by atoms with Crippen molar-refractivity contribution in [3.05, 3.63) is 34.9 Å². The van der Waals surface area contributed by atoms with Crippen molar-refractivity contribution in [2.75, 3.05) is 26.2 Å². The van der Waals surface area contributed by atoms with Crippen LogP contribution >= 0.6 is 0 Å². The van der Waals surface area contributed by atoms with Crippen LogP contribution in [0.1, 0.15) is 48.3 Å². The lowest BCUT2D eigenvalue weighted by molar-refractivity contribution is -0.134. The number of carbonyl (C=O) groups excluding carboxylic acids is 2. The minimum Gasteiger partial charge on any atom is -0.317 e. The molecule has 0 bridgehead atoms. The number of piperidine rings is 2. The predicted octanol–water partition coefficient (Wildman–Crippen LogP) is 1.56. The number of rotatable bonds is 3. The molecule has 1 aromatic carbocycles. The van der Waals surface area contributed by atoms with Crippen molar-refractivity contribution >= 4 is 11.8 Å². The Morgan fingerprint density at radius 2 is 1.88 bits per heavy atom. The zero-order valence-corrected chi connectivity index (χ0v) is 14.7. The molecule has 3 aliphatic heterocycles. The first-order chi connectivity index (χ1) is 12.2. The number of hydrogen-bond donors (Lipinski definition) is 2. The van der Waals surface area contributed by atoms with Crippen LogP contribution < -0.4 is 10.6 Å². The topological polar surface area (TPSA) is 61.4 Å². The van der Waals surface area contributed by atoms with Gasteiger partial charge in [-0.1, -0.05) is 18.2 Å². The molecule has 134 valence electrons. The molecule has 1 aromatic rings. The second kappa shape index (κ2) is 7.26. The minimum absolute atomic E-state index is 0.140. The summed E-state index contributed by atoms with van der Waals surface area (Å²) < 4.78 is 0. The molecule has 5 heteroatoms. The maximum Gasteiger partial charge on any atom is 0.234 e. The number of nitrogens with one attached hydrogen (secondary N) is 2. The molecule has 0 saturated carbocycles. The molecule has 0 spiro atoms. The summed E-state index contributed by atoms with van der Waals surface area (Å²) >= 11 is 0. The lowest BCUT2D eigenvalue weighted by Crippen LogP contribution is -2.40. The first-order valence-electron chi connectivity index (χ1n) is 9.57. The molecular weight excluding hydrogens is 314 g/mol. The minimum atomic E-state index is -0.178. The van der Waals surface area contributed by atoms with E-state index in [0.29, 0.717) is 12.8 Å². The largest absolute Gasteiger partial charge is 0.317 e. The molecule has 2 N–H and O–H groups in total. The summed E-state index contributed by atoms with van der Waals surface area (Å²) in [5.41, 5.74) is 3.84. The Kier molecular flexibility index (Phi) is 4.86. The van der Waals surface area contributed by atoms with Crippen molar-refractivity contribution in [2.45, 2.75) is 44.6 Å². The highest BCUT2D eigenvalue weighted by Crippen LogP contribution is 2.29. The molecule has 1 atom stereocenters. The van der Waals surface area contributed by atoms with Gasteiger partial charge in [0.15, 0.2) is 0 Å². The monoisotopic (exact) mass is 341 g/mol. The summed E-state index contributed by atoms with van der Waals surface area (Å²) in [6.45, 7) is 5.60. The number of hydrogen-bond acceptors (Lipinski definition) is 4. The molecule has 0 aliphatic carbocycles. The number of imide groups is 1. The van der Waals surface area contributed by atoms with Crippen LogP contribution in [0.3, 0.4) is 0 Å². The molecule has 3 heterocycles. The Balaban J connectivity index is 1.45. The van der Waals surface area contributed by atoms with Gasteiger partial charge in [-0.15, -0.1) is 0 Å². The molecule has 3 aliphatic rings. The highest BCUT2D eigenvalue weighted by molar-refractivity contribution is 6.00. The van der Waals surface area contributed by atoms with Crippen LogP contribution in [0.2, 0.25) is 0 Å². The molecule has 0 radical (unpaired) electrons. The van der Waals surface area contributed by atoms with Crippen molar-refractivity contribution in [3.63, 3.8) is 0 Å². The van der Waals surface area contributed by atoms with Gasteiger partial charge < -0.3 is 5.32 Å². The van der Waals surface area contributed by atoms with Crippen LogP contribution in [0.25, 0.3) is 0 Å². The van der Waals surface area contributed by atoms with E-state index < -0.39 is 0 Å². The summed E-state index contributed by atoms with van der Waals surface area (Å²) in [5.74, 6) is 0.342. The summed E-state index contributed by atoms with van der Waals surface area (Å²) in [5, 5.41) is 5.91. The van der Waals surface area contributed by atoms with Crippen LogP contribution in [-0.4, -0.2) is 42.9 Å². The fourth-order valence-electron chi connectivity index (χ4n) is 4.45. The van der Waals surface area contributed by atoms with E-state index in [0.717, 1.165) is 44.1 Å². The SMILES string of the molecule is O=C1CCC(c2ccc3c(c2)CN(CC2CCNCC2)CC3)C(=O)N1. The van der Waals surface area contributed by atoms with Crippen molar-refractivity contribution in [1.82, 2.24) is 15.5 Å². The second-order valence-electron chi connectivity index (χ2n) is 7.71. The Morgan fingerprint density at radius 1 is 1.04 bits per heavy atom. The third-order valence-electron chi connectivity index (χ3n) is 5.94. The predicted molar refractivity (Wildman–Crippen MR) is 96.1 cm³/mol. The number of benzene rings is 1. The Labute approximate surface area is 149 Å². The third-order valence-corrected chi connectivity index (χ3v) is 5.94. The average molecular weight is 341 g/mol. The van der Waals surface area contributed by atoms with Crippen molar-refractivity contribution in [3.8, 4) is 0 Å². The van der Waals surface area contributed by atoms with Crippen molar-refractivity contribution in [2.24, 2.45) is 5.92 Å². The third kappa shape index (κ3) is 3.77. The van der Waals surface area contributed by atoms with Gasteiger partial charge in [-0.3, -0.25) is 19.8 Å². The van der Waals surface area contributed by atoms with Gasteiger partial charge in [-0.25, -0.2) is 0 Å². The van der Waals surface area contributed by atoms with Crippen LogP contribution in [0.4, 0.5) is 0 Å². The van der Waals surface area contributed by atoms with Crippen molar-refractivity contribution < 1.29 is 9.59 Å². The summed E-state index contributed by atoms with van der Waals surface area (Å²) in [7, 11) is 0. The molecule has 4 rings (SSSR count). The van der Waals surface area contributed by atoms with Gasteiger partial charge in [0.1, 0.15) is 0 Å². The maximum absolute atomic E-state index is 12.2. The van der Waals surface area contributed by atoms with Crippen LogP contribution in [-0.2, 0) is 22.6 Å². The molecule has 25 heavy (non-hydrogen) atoms. The molecule has 2 saturated heterocycles. The smallest absolute Gasteiger partial charge is 0.234 e. The van der Waals surface area contributed by atoms with E-state index in [9.17, 15) is 9.59 Å². The normalized spacial score (nSPS) is 25.5. The second-order valence-corrected chi connectivity index (χ2v) is 7.71. The van der Waals surface area contributed by atoms with E-state index in [1.165, 1.54) is 30.5 Å². The summed E-state index contributed by atoms with van der Waals surface area (Å²) in [6, 6.07) is 6.49. The fourth-order valence-corrected chi connectivity index (χ4v) is 4.45. The van der Waals surface area contributed by atoms with E-state index in [1.54, 1.807) is 0 Å². The van der Waals surface area contributed by atoms with Crippen LogP contribution in [0.5, 0.6) is 0 Å². The van der Waals surface area contributed by atoms with E-state index in [4.69, 9.17) is 0 Å². The van der Waals surface area contributed by atoms with E-state index in [2.05, 4.69) is 33.7 Å². The van der Waals surface area contributed by atoms with E-state index in [-0.39, 0.29) is 17.7 Å². The Morgan fingerprint density at radius 3 is 2.68 bits per heavy atom. The van der Waals surface area contributed by atoms with Crippen LogP contribution in [0.15, 0.2) is 18.2 Å². The van der Waals surface area contributed by atoms with E-state index >= 15 is 0 Å². The van der Waals surface area contributed by atoms with Gasteiger partial charge in [-0.05, 0) is 61.4 Å². The summed E-state index contributed by atoms with van der Waals surface area (Å²) in [4.78, 5) is 26.1. The van der Waals surface area contributed by atoms with Gasteiger partial charge in [-0.2, -0.15) is 0 Å². The quantitative estimate of drug-likeness (QED) is 0.819. The van der Waals surface area contributed by atoms with Gasteiger partial charge in [0.25, 0.3) is 0 Å². The standard InChI is InChI=1S/C20H27N3O2/c24-19-4-3-18(20(25)22-19)16-2-1-15-7-10-23(13-17(15)11-16)12-14-5-8-21-9-6-14/h1-2,11,14,18,21H,3-10,12-13H2,(H,22,24,25). The number of amides is 2. The lowest BCUT2D eigenvalue weighted by atomic mass is 9.87. The van der Waals surface area contributed by atoms with Gasteiger partial charge in [0.2, 0.25) is 11.8 Å². The Bertz CT molecular complexity index is 667. The molecule has 1 unspecified atom stereocenters. The highest BCUT2D eigenvalue weighted by atomic mass is 16.2.